The molecule has 0 atom stereocenters. The van der Waals surface area contributed by atoms with Crippen LogP contribution in [0.2, 0.25) is 5.15 Å². The molecule has 2 saturated carbocycles. The van der Waals surface area contributed by atoms with Crippen LogP contribution >= 0.6 is 11.6 Å². The maximum Gasteiger partial charge on any atom is 0.238 e. The van der Waals surface area contributed by atoms with Crippen LogP contribution in [0.25, 0.3) is 22.3 Å². The molecule has 3 aromatic rings. The van der Waals surface area contributed by atoms with Gasteiger partial charge in [-0.25, -0.2) is 9.97 Å². The second kappa shape index (κ2) is 8.77. The first kappa shape index (κ1) is 23.4. The molecular formula is C30H35ClN6O. The highest BCUT2D eigenvalue weighted by molar-refractivity contribution is 6.34. The van der Waals surface area contributed by atoms with Crippen LogP contribution in [0, 0.1) is 0 Å². The average molecular weight is 531 g/mol. The topological polar surface area (TPSA) is 66.3 Å². The Morgan fingerprint density at radius 2 is 1.76 bits per heavy atom. The summed E-state index contributed by atoms with van der Waals surface area (Å²) < 4.78 is 2.17. The number of carbonyl (C=O) groups is 1. The van der Waals surface area contributed by atoms with Crippen molar-refractivity contribution in [2.24, 2.45) is 0 Å². The monoisotopic (exact) mass is 530 g/mol. The fraction of sp³-hybridized carbons (Fsp3) is 0.567. The van der Waals surface area contributed by atoms with Crippen molar-refractivity contribution in [3.8, 4) is 11.3 Å². The fourth-order valence-electron chi connectivity index (χ4n) is 7.59. The normalized spacial score (nSPS) is 27.2. The van der Waals surface area contributed by atoms with Gasteiger partial charge in [-0.1, -0.05) is 30.2 Å². The highest BCUT2D eigenvalue weighted by Crippen LogP contribution is 2.51. The van der Waals surface area contributed by atoms with E-state index in [1.807, 2.05) is 6.33 Å². The van der Waals surface area contributed by atoms with Crippen LogP contribution in [0.15, 0.2) is 30.6 Å². The second-order valence-electron chi connectivity index (χ2n) is 12.2. The average Bonchev–Trinajstić information content (AvgIpc) is 3.64. The zero-order valence-electron chi connectivity index (χ0n) is 21.8. The van der Waals surface area contributed by atoms with Crippen molar-refractivity contribution in [3.05, 3.63) is 41.3 Å². The van der Waals surface area contributed by atoms with E-state index < -0.39 is 5.41 Å². The van der Waals surface area contributed by atoms with E-state index in [2.05, 4.69) is 48.9 Å². The molecule has 5 aliphatic rings. The number of fused-ring (bicyclic) bond motifs is 3. The summed E-state index contributed by atoms with van der Waals surface area (Å²) in [5.41, 5.74) is 5.56. The lowest BCUT2D eigenvalue weighted by atomic mass is 9.74. The van der Waals surface area contributed by atoms with E-state index in [4.69, 9.17) is 16.6 Å². The molecule has 1 N–H and O–H groups in total. The molecule has 2 aliphatic carbocycles. The Labute approximate surface area is 228 Å². The van der Waals surface area contributed by atoms with Crippen LogP contribution in [-0.4, -0.2) is 63.6 Å². The van der Waals surface area contributed by atoms with Gasteiger partial charge in [-0.2, -0.15) is 0 Å². The minimum atomic E-state index is -0.395. The molecule has 5 heterocycles. The Hall–Kier alpha value is -2.48. The van der Waals surface area contributed by atoms with E-state index >= 15 is 0 Å². The third-order valence-electron chi connectivity index (χ3n) is 9.96. The van der Waals surface area contributed by atoms with Crippen molar-refractivity contribution in [2.75, 3.05) is 31.1 Å². The number of hydrogen-bond acceptors (Lipinski definition) is 5. The lowest BCUT2D eigenvalue weighted by molar-refractivity contribution is -0.125. The van der Waals surface area contributed by atoms with Gasteiger partial charge in [0.25, 0.3) is 0 Å². The van der Waals surface area contributed by atoms with Crippen molar-refractivity contribution >= 4 is 34.2 Å². The number of pyridine rings is 1. The number of aromatic nitrogens is 3. The third-order valence-corrected chi connectivity index (χ3v) is 10.2. The van der Waals surface area contributed by atoms with Crippen molar-refractivity contribution in [1.82, 2.24) is 24.8 Å². The van der Waals surface area contributed by atoms with E-state index in [9.17, 15) is 4.79 Å². The largest absolute Gasteiger partial charge is 0.325 e. The van der Waals surface area contributed by atoms with Gasteiger partial charge < -0.3 is 19.7 Å². The molecule has 1 aromatic carbocycles. The molecule has 2 aromatic heterocycles. The molecule has 38 heavy (non-hydrogen) atoms. The van der Waals surface area contributed by atoms with E-state index in [-0.39, 0.29) is 6.04 Å². The summed E-state index contributed by atoms with van der Waals surface area (Å²) >= 11 is 6.74. The molecular weight excluding hydrogens is 496 g/mol. The molecule has 2 saturated heterocycles. The van der Waals surface area contributed by atoms with E-state index in [0.717, 1.165) is 66.8 Å². The number of halogens is 1. The molecule has 1 spiro atoms. The minimum Gasteiger partial charge on any atom is -0.325 e. The molecule has 3 aliphatic heterocycles. The summed E-state index contributed by atoms with van der Waals surface area (Å²) in [6.45, 7) is 4.21. The number of anilines is 1. The number of likely N-dealkylation sites (tertiary alicyclic amines) is 1. The van der Waals surface area contributed by atoms with Crippen molar-refractivity contribution in [3.63, 3.8) is 0 Å². The third kappa shape index (κ3) is 3.51. The SMILES string of the molecule is O=C1N([C@H]2C[C@@H](N3CCCCC3)C2)c2cc(-c3cc4ncn(C5CC5)c4c(Cl)n3)ccc2C12CCNCC2. The number of nitrogens with zero attached hydrogens (tertiary/aromatic N) is 5. The second-order valence-corrected chi connectivity index (χ2v) is 12.5. The number of rotatable bonds is 4. The molecule has 0 bridgehead atoms. The number of benzene rings is 1. The summed E-state index contributed by atoms with van der Waals surface area (Å²) in [6.07, 6.45) is 12.1. The van der Waals surface area contributed by atoms with Gasteiger partial charge >= 0.3 is 0 Å². The molecule has 198 valence electrons. The number of hydrogen-bond donors (Lipinski definition) is 1. The van der Waals surface area contributed by atoms with Gasteiger partial charge in [-0.3, -0.25) is 4.79 Å². The predicted molar refractivity (Wildman–Crippen MR) is 150 cm³/mol. The van der Waals surface area contributed by atoms with Gasteiger partial charge in [0.05, 0.1) is 23.0 Å². The zero-order valence-corrected chi connectivity index (χ0v) is 22.6. The molecule has 7 nitrogen and oxygen atoms in total. The van der Waals surface area contributed by atoms with Crippen LogP contribution < -0.4 is 10.2 Å². The lowest BCUT2D eigenvalue weighted by Gasteiger charge is -2.48. The Morgan fingerprint density at radius 1 is 0.974 bits per heavy atom. The highest BCUT2D eigenvalue weighted by atomic mass is 35.5. The first-order chi connectivity index (χ1) is 18.6. The van der Waals surface area contributed by atoms with E-state index in [1.54, 1.807) is 0 Å². The number of carbonyl (C=O) groups excluding carboxylic acids is 1. The smallest absolute Gasteiger partial charge is 0.238 e. The van der Waals surface area contributed by atoms with Crippen LogP contribution in [-0.2, 0) is 10.2 Å². The van der Waals surface area contributed by atoms with Crippen molar-refractivity contribution < 1.29 is 4.79 Å². The summed E-state index contributed by atoms with van der Waals surface area (Å²) in [4.78, 5) is 28.6. The lowest BCUT2D eigenvalue weighted by Crippen LogP contribution is -2.58. The number of piperidine rings is 2. The van der Waals surface area contributed by atoms with Crippen LogP contribution in [0.1, 0.15) is 69.4 Å². The standard InChI is InChI=1S/C30H35ClN6O/c31-28-27-25(33-18-36(27)20-5-6-20)17-24(34-28)19-4-7-23-26(14-19)37(29(38)30(23)8-10-32-11-9-30)22-15-21(16-22)35-12-2-1-3-13-35/h4,7,14,17-18,20-22,32H,1-3,5-6,8-13,15-16H2/t21-,22+. The van der Waals surface area contributed by atoms with Gasteiger partial charge in [0.15, 0.2) is 5.15 Å². The highest BCUT2D eigenvalue weighted by Gasteiger charge is 2.54. The first-order valence-corrected chi connectivity index (χ1v) is 15.0. The Bertz CT molecular complexity index is 1410. The fourth-order valence-corrected chi connectivity index (χ4v) is 7.88. The number of nitrogens with one attached hydrogen (secondary N) is 1. The van der Waals surface area contributed by atoms with Gasteiger partial charge in [0, 0.05) is 29.4 Å². The van der Waals surface area contributed by atoms with Gasteiger partial charge in [-0.15, -0.1) is 0 Å². The Balaban J connectivity index is 1.16. The minimum absolute atomic E-state index is 0.283. The van der Waals surface area contributed by atoms with Crippen LogP contribution in [0.4, 0.5) is 5.69 Å². The van der Waals surface area contributed by atoms with Gasteiger partial charge in [-0.05, 0) is 95.2 Å². The van der Waals surface area contributed by atoms with Gasteiger partial charge in [0.2, 0.25) is 5.91 Å². The van der Waals surface area contributed by atoms with E-state index in [1.165, 1.54) is 50.8 Å². The Morgan fingerprint density at radius 3 is 2.53 bits per heavy atom. The maximum absolute atomic E-state index is 14.2. The molecule has 4 fully saturated rings. The predicted octanol–water partition coefficient (Wildman–Crippen LogP) is 5.07. The summed E-state index contributed by atoms with van der Waals surface area (Å²) in [5.74, 6) is 0.317. The summed E-state index contributed by atoms with van der Waals surface area (Å²) in [5, 5.41) is 3.98. The van der Waals surface area contributed by atoms with Crippen molar-refractivity contribution in [1.29, 1.82) is 0 Å². The Kier molecular flexibility index (Phi) is 5.40. The quantitative estimate of drug-likeness (QED) is 0.477. The van der Waals surface area contributed by atoms with Crippen LogP contribution in [0.3, 0.4) is 0 Å². The maximum atomic E-state index is 14.2. The van der Waals surface area contributed by atoms with E-state index in [0.29, 0.717) is 23.1 Å². The number of imidazole rings is 1. The summed E-state index contributed by atoms with van der Waals surface area (Å²) in [7, 11) is 0. The summed E-state index contributed by atoms with van der Waals surface area (Å²) in [6, 6.07) is 10.0. The zero-order chi connectivity index (χ0) is 25.4. The van der Waals surface area contributed by atoms with Gasteiger partial charge in [0.1, 0.15) is 5.52 Å². The molecule has 0 radical (unpaired) electrons. The molecule has 1 amide bonds. The molecule has 0 unspecified atom stereocenters. The number of amides is 1. The molecule has 8 heteroatoms. The van der Waals surface area contributed by atoms with Crippen LogP contribution in [0.5, 0.6) is 0 Å². The van der Waals surface area contributed by atoms with Crippen molar-refractivity contribution in [2.45, 2.75) is 81.3 Å². The molecule has 8 rings (SSSR count). The first-order valence-electron chi connectivity index (χ1n) is 14.6.